The van der Waals surface area contributed by atoms with Gasteiger partial charge in [0.05, 0.1) is 16.3 Å². The van der Waals surface area contributed by atoms with Gasteiger partial charge in [-0.3, -0.25) is 0 Å². The van der Waals surface area contributed by atoms with Gasteiger partial charge in [-0.1, -0.05) is 30.2 Å². The van der Waals surface area contributed by atoms with Gasteiger partial charge in [0.1, 0.15) is 5.69 Å². The molecule has 0 atom stereocenters. The third kappa shape index (κ3) is 3.24. The minimum Gasteiger partial charge on any atom is -0.478 e. The molecule has 1 aromatic carbocycles. The highest BCUT2D eigenvalue weighted by Crippen LogP contribution is 2.38. The lowest BCUT2D eigenvalue weighted by molar-refractivity contribution is 0.0269. The van der Waals surface area contributed by atoms with Crippen LogP contribution in [0.5, 0.6) is 0 Å². The first-order chi connectivity index (χ1) is 9.13. The van der Waals surface area contributed by atoms with Crippen LogP contribution in [-0.2, 0) is 8.57 Å². The Kier molecular flexibility index (Phi) is 4.76. The third-order valence-electron chi connectivity index (χ3n) is 2.56. The van der Waals surface area contributed by atoms with Gasteiger partial charge in [-0.25, -0.2) is 4.79 Å². The zero-order valence-electron chi connectivity index (χ0n) is 10.2. The Bertz CT molecular complexity index is 482. The molecule has 104 valence electrons. The fraction of sp³-hybridized carbons (Fsp3) is 0.364. The average Bonchev–Trinajstić information content (AvgIpc) is 2.29. The maximum Gasteiger partial charge on any atom is 0.337 e. The van der Waals surface area contributed by atoms with Gasteiger partial charge in [0.2, 0.25) is 12.3 Å². The number of nitrogens with one attached hydrogen (secondary N) is 1. The summed E-state index contributed by atoms with van der Waals surface area (Å²) in [6.07, 6.45) is 1.97. The number of halogens is 1. The highest BCUT2D eigenvalue weighted by molar-refractivity contribution is 7.90. The number of benzene rings is 1. The molecule has 0 aliphatic carbocycles. The molecule has 0 aromatic heterocycles. The van der Waals surface area contributed by atoms with Gasteiger partial charge in [-0.05, 0) is 18.6 Å². The summed E-state index contributed by atoms with van der Waals surface area (Å²) in [6.45, 7) is 2.76. The van der Waals surface area contributed by atoms with E-state index in [1.54, 1.807) is 6.07 Å². The van der Waals surface area contributed by atoms with Crippen molar-refractivity contribution in [1.29, 1.82) is 0 Å². The molecule has 0 saturated carbocycles. The molecular formula is C11H13ClN2O4S. The number of nitrogens with zero attached hydrogens (tertiary/aromatic N) is 1. The van der Waals surface area contributed by atoms with Gasteiger partial charge in [0, 0.05) is 6.54 Å². The summed E-state index contributed by atoms with van der Waals surface area (Å²) in [5, 5.41) is 13.7. The topological polar surface area (TPSA) is 71.0 Å². The zero-order valence-corrected chi connectivity index (χ0v) is 11.8. The molecule has 1 heterocycles. The summed E-state index contributed by atoms with van der Waals surface area (Å²) in [7, 11) is 0. The lowest BCUT2D eigenvalue weighted by Crippen LogP contribution is -2.27. The Morgan fingerprint density at radius 3 is 2.79 bits per heavy atom. The van der Waals surface area contributed by atoms with Crippen LogP contribution in [0.15, 0.2) is 12.1 Å². The van der Waals surface area contributed by atoms with E-state index in [1.807, 2.05) is 0 Å². The summed E-state index contributed by atoms with van der Waals surface area (Å²) >= 11 is 6.87. The Hall–Kier alpha value is -1.15. The highest BCUT2D eigenvalue weighted by atomic mass is 35.5. The van der Waals surface area contributed by atoms with E-state index in [9.17, 15) is 9.90 Å². The van der Waals surface area contributed by atoms with E-state index in [1.165, 1.54) is 6.07 Å². The summed E-state index contributed by atoms with van der Waals surface area (Å²) in [5.41, 5.74) is 0.973. The summed E-state index contributed by atoms with van der Waals surface area (Å²) < 4.78 is 9.80. The van der Waals surface area contributed by atoms with Crippen molar-refractivity contribution in [3.05, 3.63) is 22.7 Å². The molecule has 6 nitrogen and oxygen atoms in total. The van der Waals surface area contributed by atoms with E-state index in [4.69, 9.17) is 20.2 Å². The number of aromatic carboxylic acids is 1. The number of unbranched alkanes of at least 4 members (excludes halogenated alkanes) is 1. The van der Waals surface area contributed by atoms with Gasteiger partial charge >= 0.3 is 5.97 Å². The van der Waals surface area contributed by atoms with Gasteiger partial charge in [-0.15, -0.1) is 8.57 Å². The van der Waals surface area contributed by atoms with Crippen LogP contribution in [0, 0.1) is 0 Å². The number of anilines is 2. The number of carboxylic acid groups (broad SMARTS) is 1. The molecule has 8 heteroatoms. The van der Waals surface area contributed by atoms with Crippen LogP contribution in [0.4, 0.5) is 11.4 Å². The first-order valence-corrected chi connectivity index (χ1v) is 6.80. The van der Waals surface area contributed by atoms with Crippen molar-refractivity contribution < 1.29 is 18.5 Å². The van der Waals surface area contributed by atoms with Crippen LogP contribution in [-0.4, -0.2) is 17.6 Å². The van der Waals surface area contributed by atoms with Crippen molar-refractivity contribution in [2.75, 3.05) is 17.1 Å². The maximum absolute atomic E-state index is 11.3. The van der Waals surface area contributed by atoms with Crippen LogP contribution in [0.1, 0.15) is 30.1 Å². The Balaban J connectivity index is 2.26. The standard InChI is InChI=1S/C11H13ClN2O4S/c1-2-3-4-13-9-6-8(12)10(14-17-19-18-14)5-7(9)11(15)16/h5-6,13H,2-4H2,1H3,(H,15,16). The van der Waals surface area contributed by atoms with Crippen LogP contribution in [0.3, 0.4) is 0 Å². The fourth-order valence-corrected chi connectivity index (χ4v) is 2.08. The minimum absolute atomic E-state index is 0.125. The average molecular weight is 305 g/mol. The number of rotatable bonds is 6. The van der Waals surface area contributed by atoms with Gasteiger partial charge in [0.15, 0.2) is 0 Å². The molecule has 1 aliphatic rings. The largest absolute Gasteiger partial charge is 0.478 e. The lowest BCUT2D eigenvalue weighted by Gasteiger charge is -2.27. The maximum atomic E-state index is 11.3. The van der Waals surface area contributed by atoms with Crippen molar-refractivity contribution in [1.82, 2.24) is 0 Å². The molecule has 1 saturated heterocycles. The molecular weight excluding hydrogens is 292 g/mol. The van der Waals surface area contributed by atoms with Crippen molar-refractivity contribution in [2.45, 2.75) is 19.8 Å². The number of hydrogen-bond donors (Lipinski definition) is 2. The monoisotopic (exact) mass is 304 g/mol. The van der Waals surface area contributed by atoms with Gasteiger partial charge < -0.3 is 10.4 Å². The normalized spacial score (nSPS) is 14.1. The van der Waals surface area contributed by atoms with E-state index in [0.717, 1.165) is 30.4 Å². The molecule has 2 N–H and O–H groups in total. The SMILES string of the molecule is CCCCNc1cc(Cl)c(N2OSO2)cc1C(=O)O. The summed E-state index contributed by atoms with van der Waals surface area (Å²) in [6, 6.07) is 2.98. The van der Waals surface area contributed by atoms with E-state index in [2.05, 4.69) is 12.2 Å². The molecule has 1 aromatic rings. The Morgan fingerprint density at radius 2 is 2.26 bits per heavy atom. The molecule has 1 aliphatic heterocycles. The van der Waals surface area contributed by atoms with Crippen LogP contribution in [0.25, 0.3) is 0 Å². The predicted octanol–water partition coefficient (Wildman–Crippen LogP) is 3.50. The quantitative estimate of drug-likeness (QED) is 0.615. The van der Waals surface area contributed by atoms with E-state index < -0.39 is 5.97 Å². The molecule has 0 bridgehead atoms. The van der Waals surface area contributed by atoms with Gasteiger partial charge in [-0.2, -0.15) is 0 Å². The molecule has 0 radical (unpaired) electrons. The second-order valence-electron chi connectivity index (χ2n) is 3.91. The molecule has 0 amide bonds. The van der Waals surface area contributed by atoms with E-state index >= 15 is 0 Å². The van der Waals surface area contributed by atoms with Crippen LogP contribution in [0.2, 0.25) is 5.02 Å². The number of hydrogen-bond acceptors (Lipinski definition) is 6. The molecule has 0 unspecified atom stereocenters. The highest BCUT2D eigenvalue weighted by Gasteiger charge is 2.25. The first kappa shape index (κ1) is 14.3. The van der Waals surface area contributed by atoms with Gasteiger partial charge in [0.25, 0.3) is 0 Å². The van der Waals surface area contributed by atoms with Crippen molar-refractivity contribution in [3.8, 4) is 0 Å². The summed E-state index contributed by atoms with van der Waals surface area (Å²) in [4.78, 5) is 11.3. The molecule has 2 rings (SSSR count). The second kappa shape index (κ2) is 6.33. The lowest BCUT2D eigenvalue weighted by atomic mass is 10.1. The van der Waals surface area contributed by atoms with E-state index in [-0.39, 0.29) is 5.56 Å². The second-order valence-corrected chi connectivity index (χ2v) is 4.75. The smallest absolute Gasteiger partial charge is 0.337 e. The first-order valence-electron chi connectivity index (χ1n) is 5.75. The van der Waals surface area contributed by atoms with Crippen molar-refractivity contribution in [3.63, 3.8) is 0 Å². The van der Waals surface area contributed by atoms with Crippen LogP contribution < -0.4 is 10.5 Å². The van der Waals surface area contributed by atoms with Crippen LogP contribution >= 0.6 is 23.9 Å². The fourth-order valence-electron chi connectivity index (χ4n) is 1.57. The molecule has 1 fully saturated rings. The zero-order chi connectivity index (χ0) is 13.8. The number of carboxylic acids is 1. The molecule has 0 spiro atoms. The Morgan fingerprint density at radius 1 is 1.53 bits per heavy atom. The number of carbonyl (C=O) groups is 1. The molecule has 19 heavy (non-hydrogen) atoms. The minimum atomic E-state index is -1.04. The Labute approximate surface area is 119 Å². The predicted molar refractivity (Wildman–Crippen MR) is 74.0 cm³/mol. The van der Waals surface area contributed by atoms with Crippen molar-refractivity contribution >= 4 is 41.3 Å². The third-order valence-corrected chi connectivity index (χ3v) is 3.25. The van der Waals surface area contributed by atoms with Crippen molar-refractivity contribution in [2.24, 2.45) is 0 Å². The summed E-state index contributed by atoms with van der Waals surface area (Å²) in [5.74, 6) is -1.04. The van der Waals surface area contributed by atoms with E-state index in [0.29, 0.717) is 22.9 Å².